The first kappa shape index (κ1) is 13.2. The van der Waals surface area contributed by atoms with Crippen LogP contribution < -0.4 is 10.2 Å². The molecule has 17 heavy (non-hydrogen) atoms. The van der Waals surface area contributed by atoms with E-state index in [1.807, 2.05) is 6.19 Å². The fourth-order valence-corrected chi connectivity index (χ4v) is 1.13. The Kier molecular flexibility index (Phi) is 4.27. The van der Waals surface area contributed by atoms with Crippen LogP contribution in [0, 0.1) is 16.9 Å². The Morgan fingerprint density at radius 3 is 2.76 bits per heavy atom. The Labute approximate surface area is 102 Å². The number of nitrogens with zero attached hydrogens (tertiary/aromatic N) is 4. The predicted molar refractivity (Wildman–Crippen MR) is 68.6 cm³/mol. The lowest BCUT2D eigenvalue weighted by atomic mass is 9.90. The number of anilines is 2. The van der Waals surface area contributed by atoms with E-state index in [9.17, 15) is 0 Å². The summed E-state index contributed by atoms with van der Waals surface area (Å²) in [6.07, 6.45) is 4.56. The highest BCUT2D eigenvalue weighted by Gasteiger charge is 2.14. The summed E-state index contributed by atoms with van der Waals surface area (Å²) in [5, 5.41) is 12.0. The van der Waals surface area contributed by atoms with Crippen LogP contribution in [0.5, 0.6) is 0 Å². The van der Waals surface area contributed by atoms with E-state index in [4.69, 9.17) is 5.26 Å². The van der Waals surface area contributed by atoms with Crippen molar-refractivity contribution in [2.24, 2.45) is 5.41 Å². The zero-order chi connectivity index (χ0) is 12.9. The van der Waals surface area contributed by atoms with Crippen LogP contribution in [0.3, 0.4) is 0 Å². The molecule has 0 saturated carbocycles. The molecular formula is C12H19N5. The summed E-state index contributed by atoms with van der Waals surface area (Å²) in [5.41, 5.74) is 0.228. The van der Waals surface area contributed by atoms with Crippen LogP contribution in [0.1, 0.15) is 27.2 Å². The van der Waals surface area contributed by atoms with Crippen LogP contribution in [-0.4, -0.2) is 23.6 Å². The predicted octanol–water partition coefficient (Wildman–Crippen LogP) is 2.24. The molecule has 1 heterocycles. The Morgan fingerprint density at radius 2 is 2.18 bits per heavy atom. The molecule has 1 rings (SSSR count). The molecule has 0 spiro atoms. The monoisotopic (exact) mass is 233 g/mol. The third-order valence-corrected chi connectivity index (χ3v) is 2.85. The summed E-state index contributed by atoms with van der Waals surface area (Å²) in [5.74, 6) is 1.35. The zero-order valence-corrected chi connectivity index (χ0v) is 10.9. The maximum absolute atomic E-state index is 8.77. The second-order valence-electron chi connectivity index (χ2n) is 4.79. The molecule has 0 bridgehead atoms. The maximum Gasteiger partial charge on any atom is 0.185 e. The Bertz CT molecular complexity index is 408. The van der Waals surface area contributed by atoms with Gasteiger partial charge in [0.1, 0.15) is 18.0 Å². The molecule has 1 aromatic heterocycles. The van der Waals surface area contributed by atoms with Gasteiger partial charge in [-0.25, -0.2) is 9.97 Å². The molecule has 1 N–H and O–H groups in total. The van der Waals surface area contributed by atoms with Crippen LogP contribution in [0.15, 0.2) is 12.4 Å². The van der Waals surface area contributed by atoms with Gasteiger partial charge < -0.3 is 5.32 Å². The first-order chi connectivity index (χ1) is 7.98. The van der Waals surface area contributed by atoms with Gasteiger partial charge in [0.2, 0.25) is 0 Å². The van der Waals surface area contributed by atoms with Gasteiger partial charge in [0.15, 0.2) is 6.19 Å². The topological polar surface area (TPSA) is 64.8 Å². The number of rotatable bonds is 5. The Hall–Kier alpha value is -1.83. The van der Waals surface area contributed by atoms with Gasteiger partial charge in [-0.3, -0.25) is 4.90 Å². The highest BCUT2D eigenvalue weighted by atomic mass is 15.2. The maximum atomic E-state index is 8.77. The molecule has 0 atom stereocenters. The molecule has 92 valence electrons. The normalized spacial score (nSPS) is 10.8. The van der Waals surface area contributed by atoms with Crippen LogP contribution >= 0.6 is 0 Å². The lowest BCUT2D eigenvalue weighted by Crippen LogP contribution is -2.22. The van der Waals surface area contributed by atoms with Gasteiger partial charge >= 0.3 is 0 Å². The first-order valence-electron chi connectivity index (χ1n) is 5.68. The van der Waals surface area contributed by atoms with Crippen molar-refractivity contribution in [2.45, 2.75) is 27.2 Å². The Balaban J connectivity index is 2.70. The highest BCUT2D eigenvalue weighted by molar-refractivity contribution is 5.50. The molecule has 0 aliphatic carbocycles. The van der Waals surface area contributed by atoms with Crippen LogP contribution in [0.4, 0.5) is 11.6 Å². The van der Waals surface area contributed by atoms with E-state index in [2.05, 4.69) is 36.1 Å². The lowest BCUT2D eigenvalue weighted by molar-refractivity contribution is 0.376. The molecular weight excluding hydrogens is 214 g/mol. The van der Waals surface area contributed by atoms with Gasteiger partial charge in [0, 0.05) is 19.7 Å². The van der Waals surface area contributed by atoms with Crippen molar-refractivity contribution < 1.29 is 0 Å². The summed E-state index contributed by atoms with van der Waals surface area (Å²) in [4.78, 5) is 9.56. The fourth-order valence-electron chi connectivity index (χ4n) is 1.13. The van der Waals surface area contributed by atoms with Crippen molar-refractivity contribution in [3.63, 3.8) is 0 Å². The van der Waals surface area contributed by atoms with Crippen molar-refractivity contribution in [1.82, 2.24) is 9.97 Å². The minimum atomic E-state index is 0.228. The molecule has 5 nitrogen and oxygen atoms in total. The van der Waals surface area contributed by atoms with Gasteiger partial charge in [-0.2, -0.15) is 5.26 Å². The van der Waals surface area contributed by atoms with Gasteiger partial charge in [-0.05, 0) is 11.8 Å². The molecule has 0 unspecified atom stereocenters. The summed E-state index contributed by atoms with van der Waals surface area (Å²) < 4.78 is 0. The van der Waals surface area contributed by atoms with Gasteiger partial charge in [-0.15, -0.1) is 0 Å². The van der Waals surface area contributed by atoms with Gasteiger partial charge in [-0.1, -0.05) is 20.8 Å². The number of nitrogens with one attached hydrogen (secondary N) is 1. The molecule has 0 aromatic carbocycles. The summed E-state index contributed by atoms with van der Waals surface area (Å²) >= 11 is 0. The average Bonchev–Trinajstić information content (AvgIpc) is 2.36. The molecule has 0 saturated heterocycles. The zero-order valence-electron chi connectivity index (χ0n) is 10.9. The summed E-state index contributed by atoms with van der Waals surface area (Å²) in [6, 6.07) is 1.77. The second-order valence-corrected chi connectivity index (χ2v) is 4.79. The molecule has 0 aliphatic rings. The van der Waals surface area contributed by atoms with Crippen LogP contribution in [0.25, 0.3) is 0 Å². The number of nitriles is 1. The molecule has 0 aliphatic heterocycles. The van der Waals surface area contributed by atoms with Crippen LogP contribution in [-0.2, 0) is 0 Å². The van der Waals surface area contributed by atoms with E-state index >= 15 is 0 Å². The highest BCUT2D eigenvalue weighted by Crippen LogP contribution is 2.20. The van der Waals surface area contributed by atoms with Crippen molar-refractivity contribution >= 4 is 11.6 Å². The summed E-state index contributed by atoms with van der Waals surface area (Å²) in [6.45, 7) is 7.40. The molecule has 0 amide bonds. The van der Waals surface area contributed by atoms with E-state index in [0.29, 0.717) is 5.82 Å². The standard InChI is InChI=1S/C12H19N5/c1-5-12(2,3)7-14-10-6-11(16-9-15-10)17(4)8-13/h6,9H,5,7H2,1-4H3,(H,14,15,16). The lowest BCUT2D eigenvalue weighted by Gasteiger charge is -2.23. The quantitative estimate of drug-likeness (QED) is 0.624. The van der Waals surface area contributed by atoms with E-state index in [0.717, 1.165) is 18.8 Å². The number of hydrogen-bond acceptors (Lipinski definition) is 5. The van der Waals surface area contributed by atoms with Crippen molar-refractivity contribution in [3.05, 3.63) is 12.4 Å². The van der Waals surface area contributed by atoms with E-state index in [1.165, 1.54) is 11.2 Å². The first-order valence-corrected chi connectivity index (χ1v) is 5.68. The molecule has 5 heteroatoms. The summed E-state index contributed by atoms with van der Waals surface area (Å²) in [7, 11) is 1.67. The largest absolute Gasteiger partial charge is 0.369 e. The number of hydrogen-bond donors (Lipinski definition) is 1. The minimum absolute atomic E-state index is 0.228. The smallest absolute Gasteiger partial charge is 0.185 e. The molecule has 0 radical (unpaired) electrons. The Morgan fingerprint density at radius 1 is 1.47 bits per heavy atom. The van der Waals surface area contributed by atoms with E-state index in [-0.39, 0.29) is 5.41 Å². The number of aromatic nitrogens is 2. The van der Waals surface area contributed by atoms with E-state index < -0.39 is 0 Å². The second kappa shape index (κ2) is 5.48. The molecule has 0 fully saturated rings. The van der Waals surface area contributed by atoms with Crippen molar-refractivity contribution in [3.8, 4) is 6.19 Å². The fraction of sp³-hybridized carbons (Fsp3) is 0.583. The van der Waals surface area contributed by atoms with E-state index in [1.54, 1.807) is 13.1 Å². The SMILES string of the molecule is CCC(C)(C)CNc1cc(N(C)C#N)ncn1. The minimum Gasteiger partial charge on any atom is -0.369 e. The van der Waals surface area contributed by atoms with Gasteiger partial charge in [0.25, 0.3) is 0 Å². The average molecular weight is 233 g/mol. The molecule has 1 aromatic rings. The van der Waals surface area contributed by atoms with Crippen LogP contribution in [0.2, 0.25) is 0 Å². The van der Waals surface area contributed by atoms with Gasteiger partial charge in [0.05, 0.1) is 0 Å². The van der Waals surface area contributed by atoms with Crippen molar-refractivity contribution in [1.29, 1.82) is 5.26 Å². The third-order valence-electron chi connectivity index (χ3n) is 2.85. The van der Waals surface area contributed by atoms with Crippen molar-refractivity contribution in [2.75, 3.05) is 23.8 Å². The third kappa shape index (κ3) is 3.91.